The number of phenols is 1. The molecule has 1 aromatic rings. The number of carbonyl (C=O) groups excluding carboxylic acids is 2. The van der Waals surface area contributed by atoms with Crippen LogP contribution in [0.1, 0.15) is 18.9 Å². The molecule has 0 radical (unpaired) electrons. The van der Waals surface area contributed by atoms with Crippen molar-refractivity contribution in [3.63, 3.8) is 0 Å². The van der Waals surface area contributed by atoms with Crippen LogP contribution in [-0.2, 0) is 9.53 Å². The van der Waals surface area contributed by atoms with E-state index in [2.05, 4.69) is 0 Å². The van der Waals surface area contributed by atoms with Crippen molar-refractivity contribution in [3.8, 4) is 11.5 Å². The molecule has 2 rings (SSSR count). The molecule has 1 heterocycles. The van der Waals surface area contributed by atoms with E-state index >= 15 is 0 Å². The molecule has 1 aliphatic heterocycles. The summed E-state index contributed by atoms with van der Waals surface area (Å²) in [7, 11) is 1.58. The number of halogens is 1. The van der Waals surface area contributed by atoms with Gasteiger partial charge in [-0.3, -0.25) is 14.5 Å². The first kappa shape index (κ1) is 19.1. The van der Waals surface area contributed by atoms with Gasteiger partial charge in [0.15, 0.2) is 11.5 Å². The number of rotatable bonds is 7. The van der Waals surface area contributed by atoms with Crippen molar-refractivity contribution in [1.82, 2.24) is 4.90 Å². The summed E-state index contributed by atoms with van der Waals surface area (Å²) in [5, 5.41) is 9.69. The van der Waals surface area contributed by atoms with E-state index in [0.717, 1.165) is 11.8 Å². The monoisotopic (exact) mass is 463 g/mol. The quantitative estimate of drug-likeness (QED) is 0.379. The molecule has 6 nitrogen and oxygen atoms in total. The zero-order valence-corrected chi connectivity index (χ0v) is 16.3. The summed E-state index contributed by atoms with van der Waals surface area (Å²) in [6, 6.07) is 3.39. The SMILES string of the molecule is CCOc1cc(/C=C2/SC(=O)N(CCCOC)C2=O)cc(I)c1O. The molecule has 0 aliphatic carbocycles. The van der Waals surface area contributed by atoms with Crippen LogP contribution in [0.25, 0.3) is 6.08 Å². The Morgan fingerprint density at radius 3 is 2.79 bits per heavy atom. The Balaban J connectivity index is 2.22. The van der Waals surface area contributed by atoms with Crippen molar-refractivity contribution in [2.45, 2.75) is 13.3 Å². The van der Waals surface area contributed by atoms with Crippen LogP contribution in [0.15, 0.2) is 17.0 Å². The molecule has 0 atom stereocenters. The number of nitrogens with zero attached hydrogens (tertiary/aromatic N) is 1. The van der Waals surface area contributed by atoms with Crippen LogP contribution in [0.4, 0.5) is 4.79 Å². The number of ether oxygens (including phenoxy) is 2. The highest BCUT2D eigenvalue weighted by Crippen LogP contribution is 2.36. The number of methoxy groups -OCH3 is 1. The summed E-state index contributed by atoms with van der Waals surface area (Å²) in [4.78, 5) is 25.9. The Morgan fingerprint density at radius 1 is 1.38 bits per heavy atom. The van der Waals surface area contributed by atoms with E-state index in [1.54, 1.807) is 25.3 Å². The first-order valence-electron chi connectivity index (χ1n) is 7.37. The molecule has 0 aromatic heterocycles. The van der Waals surface area contributed by atoms with Gasteiger partial charge in [-0.2, -0.15) is 0 Å². The lowest BCUT2D eigenvalue weighted by Crippen LogP contribution is -2.29. The predicted molar refractivity (Wildman–Crippen MR) is 101 cm³/mol. The van der Waals surface area contributed by atoms with Gasteiger partial charge in [0.1, 0.15) is 0 Å². The van der Waals surface area contributed by atoms with Gasteiger partial charge < -0.3 is 14.6 Å². The second-order valence-electron chi connectivity index (χ2n) is 4.96. The number of imide groups is 1. The van der Waals surface area contributed by atoms with Gasteiger partial charge >= 0.3 is 0 Å². The molecular weight excluding hydrogens is 445 g/mol. The van der Waals surface area contributed by atoms with Crippen LogP contribution >= 0.6 is 34.4 Å². The first-order chi connectivity index (χ1) is 11.5. The smallest absolute Gasteiger partial charge is 0.293 e. The molecule has 130 valence electrons. The summed E-state index contributed by atoms with van der Waals surface area (Å²) in [5.74, 6) is 0.124. The van der Waals surface area contributed by atoms with E-state index in [1.165, 1.54) is 4.90 Å². The minimum absolute atomic E-state index is 0.0715. The van der Waals surface area contributed by atoms with Crippen molar-refractivity contribution in [1.29, 1.82) is 0 Å². The number of phenolic OH excluding ortho intramolecular Hbond substituents is 1. The third-order valence-electron chi connectivity index (χ3n) is 3.25. The normalized spacial score (nSPS) is 16.3. The lowest BCUT2D eigenvalue weighted by Gasteiger charge is -2.11. The lowest BCUT2D eigenvalue weighted by molar-refractivity contribution is -0.122. The van der Waals surface area contributed by atoms with E-state index in [0.29, 0.717) is 46.0 Å². The molecule has 1 saturated heterocycles. The summed E-state index contributed by atoms with van der Waals surface area (Å²) in [5.41, 5.74) is 0.697. The van der Waals surface area contributed by atoms with Gasteiger partial charge in [0.25, 0.3) is 11.1 Å². The molecule has 0 saturated carbocycles. The minimum atomic E-state index is -0.304. The highest BCUT2D eigenvalue weighted by Gasteiger charge is 2.34. The second kappa shape index (κ2) is 8.72. The molecule has 0 unspecified atom stereocenters. The molecule has 0 spiro atoms. The standard InChI is InChI=1S/C16H18INO5S/c1-3-23-12-8-10(7-11(17)14(12)19)9-13-15(20)18(16(21)24-13)5-4-6-22-2/h7-9,19H,3-6H2,1-2H3/b13-9+. The number of hydrogen-bond acceptors (Lipinski definition) is 6. The molecular formula is C16H18INO5S. The van der Waals surface area contributed by atoms with Gasteiger partial charge in [-0.1, -0.05) is 0 Å². The minimum Gasteiger partial charge on any atom is -0.504 e. The number of aromatic hydroxyl groups is 1. The zero-order valence-electron chi connectivity index (χ0n) is 13.4. The maximum Gasteiger partial charge on any atom is 0.293 e. The Labute approximate surface area is 158 Å². The molecule has 24 heavy (non-hydrogen) atoms. The largest absolute Gasteiger partial charge is 0.504 e. The fraction of sp³-hybridized carbons (Fsp3) is 0.375. The zero-order chi connectivity index (χ0) is 17.7. The summed E-state index contributed by atoms with van der Waals surface area (Å²) in [6.45, 7) is 3.08. The molecule has 1 aliphatic rings. The molecule has 2 amide bonds. The Bertz CT molecular complexity index is 677. The van der Waals surface area contributed by atoms with Crippen molar-refractivity contribution < 1.29 is 24.2 Å². The summed E-state index contributed by atoms with van der Waals surface area (Å²) >= 11 is 2.91. The molecule has 8 heteroatoms. The van der Waals surface area contributed by atoms with Crippen molar-refractivity contribution in [2.24, 2.45) is 0 Å². The van der Waals surface area contributed by atoms with E-state index in [9.17, 15) is 14.7 Å². The summed E-state index contributed by atoms with van der Waals surface area (Å²) in [6.07, 6.45) is 2.25. The van der Waals surface area contributed by atoms with Crippen molar-refractivity contribution in [2.75, 3.05) is 26.9 Å². The predicted octanol–water partition coefficient (Wildman–Crippen LogP) is 3.47. The topological polar surface area (TPSA) is 76.1 Å². The lowest BCUT2D eigenvalue weighted by atomic mass is 10.2. The van der Waals surface area contributed by atoms with Gasteiger partial charge in [0, 0.05) is 20.3 Å². The second-order valence-corrected chi connectivity index (χ2v) is 7.12. The highest BCUT2D eigenvalue weighted by atomic mass is 127. The van der Waals surface area contributed by atoms with Gasteiger partial charge in [-0.05, 0) is 71.5 Å². The molecule has 1 N–H and O–H groups in total. The van der Waals surface area contributed by atoms with Crippen LogP contribution in [0.2, 0.25) is 0 Å². The van der Waals surface area contributed by atoms with Crippen molar-refractivity contribution >= 4 is 51.6 Å². The maximum absolute atomic E-state index is 12.4. The number of hydrogen-bond donors (Lipinski definition) is 1. The Morgan fingerprint density at radius 2 is 2.12 bits per heavy atom. The Kier molecular flexibility index (Phi) is 6.93. The van der Waals surface area contributed by atoms with Gasteiger partial charge in [-0.15, -0.1) is 0 Å². The summed E-state index contributed by atoms with van der Waals surface area (Å²) < 4.78 is 11.0. The average Bonchev–Trinajstić information content (AvgIpc) is 2.80. The third-order valence-corrected chi connectivity index (χ3v) is 4.98. The highest BCUT2D eigenvalue weighted by molar-refractivity contribution is 14.1. The van der Waals surface area contributed by atoms with Crippen LogP contribution in [-0.4, -0.2) is 48.0 Å². The van der Waals surface area contributed by atoms with E-state index in [1.807, 2.05) is 29.5 Å². The third kappa shape index (κ3) is 4.42. The Hall–Kier alpha value is -1.26. The average molecular weight is 463 g/mol. The van der Waals surface area contributed by atoms with Crippen molar-refractivity contribution in [3.05, 3.63) is 26.2 Å². The first-order valence-corrected chi connectivity index (χ1v) is 9.27. The maximum atomic E-state index is 12.4. The van der Waals surface area contributed by atoms with E-state index in [4.69, 9.17) is 9.47 Å². The van der Waals surface area contributed by atoms with Gasteiger partial charge in [0.2, 0.25) is 0 Å². The van der Waals surface area contributed by atoms with E-state index in [-0.39, 0.29) is 16.9 Å². The molecule has 1 aromatic carbocycles. The molecule has 1 fully saturated rings. The van der Waals surface area contributed by atoms with Crippen LogP contribution in [0.3, 0.4) is 0 Å². The van der Waals surface area contributed by atoms with Crippen LogP contribution < -0.4 is 4.74 Å². The van der Waals surface area contributed by atoms with Gasteiger partial charge in [-0.25, -0.2) is 0 Å². The number of thioether (sulfide) groups is 1. The van der Waals surface area contributed by atoms with E-state index < -0.39 is 0 Å². The molecule has 0 bridgehead atoms. The fourth-order valence-corrected chi connectivity index (χ4v) is 3.64. The fourth-order valence-electron chi connectivity index (χ4n) is 2.15. The van der Waals surface area contributed by atoms with Crippen LogP contribution in [0.5, 0.6) is 11.5 Å². The van der Waals surface area contributed by atoms with Crippen LogP contribution in [0, 0.1) is 3.57 Å². The number of benzene rings is 1. The number of carbonyl (C=O) groups is 2. The number of amides is 2. The van der Waals surface area contributed by atoms with Gasteiger partial charge in [0.05, 0.1) is 15.1 Å².